The molecule has 2 saturated heterocycles. The van der Waals surface area contributed by atoms with E-state index in [1.54, 1.807) is 13.0 Å². The quantitative estimate of drug-likeness (QED) is 0.0361. The van der Waals surface area contributed by atoms with Gasteiger partial charge < -0.3 is 89.0 Å². The maximum atomic E-state index is 12.8. The third kappa shape index (κ3) is 12.8. The molecular formula is C42H58O22. The molecule has 22 heteroatoms. The molecule has 358 valence electrons. The van der Waals surface area contributed by atoms with Gasteiger partial charge in [-0.25, -0.2) is 19.2 Å². The number of carbonyl (C=O) groups excluding carboxylic acids is 2. The molecule has 16 atom stereocenters. The van der Waals surface area contributed by atoms with Crippen LogP contribution < -0.4 is 0 Å². The molecule has 0 aromatic carbocycles. The van der Waals surface area contributed by atoms with Crippen LogP contribution in [0.4, 0.5) is 0 Å². The summed E-state index contributed by atoms with van der Waals surface area (Å²) in [4.78, 5) is 49.7. The smallest absolute Gasteiger partial charge is 0.334 e. The number of rotatable bonds is 21. The summed E-state index contributed by atoms with van der Waals surface area (Å²) in [5.41, 5.74) is 0.453. The Labute approximate surface area is 367 Å². The van der Waals surface area contributed by atoms with Crippen molar-refractivity contribution in [2.24, 2.45) is 23.7 Å². The zero-order chi connectivity index (χ0) is 47.4. The molecule has 0 amide bonds. The lowest BCUT2D eigenvalue weighted by Crippen LogP contribution is -2.60. The molecular weight excluding hydrogens is 856 g/mol. The van der Waals surface area contributed by atoms with Gasteiger partial charge in [0.25, 0.3) is 0 Å². The largest absolute Gasteiger partial charge is 0.478 e. The molecule has 0 unspecified atom stereocenters. The van der Waals surface area contributed by atoms with Crippen LogP contribution in [-0.2, 0) is 57.1 Å². The highest BCUT2D eigenvalue weighted by atomic mass is 16.8. The first-order valence-electron chi connectivity index (χ1n) is 20.4. The molecule has 0 aromatic heterocycles. The summed E-state index contributed by atoms with van der Waals surface area (Å²) in [5.74, 6) is -7.56. The first-order chi connectivity index (χ1) is 30.4. The van der Waals surface area contributed by atoms with Gasteiger partial charge in [0, 0.05) is 35.3 Å². The van der Waals surface area contributed by atoms with Gasteiger partial charge in [0.05, 0.1) is 50.1 Å². The fraction of sp³-hybridized carbons (Fsp3) is 0.619. The Kier molecular flexibility index (Phi) is 19.6. The standard InChI is InChI=1S/C42H58O22/c1-5-21-23(25(36(52)53)17-59-39(21)63-41-34(50)32(48)30(46)27(15-43)61-41)10-12-57-29(45)14-19(3)8-7-9-20(4)38(56)58-13-11-24-22(6-2)40(60-18-26(24)37(54)55)64-42-35(51)33(49)31(47)28(16-44)62-42/h5-6,9,14,17-18,21-24,27-28,30-35,39-44,46-51H,1-2,7-8,10-13,15-16H2,3-4H3,(H,52,53)(H,54,55)/b19-14+,20-9+/t21-,22-,23+,24+,27-,28-,30-,31-,32+,33+,34-,35-,39+,40+,41+,42+/m1/s1. The van der Waals surface area contributed by atoms with E-state index in [1.807, 2.05) is 0 Å². The Bertz CT molecular complexity index is 1770. The van der Waals surface area contributed by atoms with E-state index in [0.29, 0.717) is 18.4 Å². The summed E-state index contributed by atoms with van der Waals surface area (Å²) < 4.78 is 43.9. The summed E-state index contributed by atoms with van der Waals surface area (Å²) in [5, 5.41) is 99.9. The lowest BCUT2D eigenvalue weighted by Gasteiger charge is -2.43. The fourth-order valence-electron chi connectivity index (χ4n) is 7.56. The van der Waals surface area contributed by atoms with Crippen molar-refractivity contribution in [3.63, 3.8) is 0 Å². The van der Waals surface area contributed by atoms with Gasteiger partial charge in [0.2, 0.25) is 12.6 Å². The first kappa shape index (κ1) is 52.1. The first-order valence-corrected chi connectivity index (χ1v) is 20.4. The van der Waals surface area contributed by atoms with Crippen LogP contribution >= 0.6 is 0 Å². The van der Waals surface area contributed by atoms with Gasteiger partial charge in [-0.05, 0) is 39.5 Å². The number of carbonyl (C=O) groups is 4. The summed E-state index contributed by atoms with van der Waals surface area (Å²) in [6.07, 6.45) is -10.5. The van der Waals surface area contributed by atoms with Crippen LogP contribution in [0.25, 0.3) is 0 Å². The minimum Gasteiger partial charge on any atom is -0.478 e. The molecule has 22 nitrogen and oxygen atoms in total. The molecule has 4 aliphatic heterocycles. The van der Waals surface area contributed by atoms with E-state index >= 15 is 0 Å². The van der Waals surface area contributed by atoms with Crippen molar-refractivity contribution in [2.75, 3.05) is 26.4 Å². The molecule has 0 aromatic rings. The maximum absolute atomic E-state index is 12.8. The molecule has 0 spiro atoms. The zero-order valence-electron chi connectivity index (χ0n) is 35.1. The molecule has 0 saturated carbocycles. The molecule has 0 aliphatic carbocycles. The zero-order valence-corrected chi connectivity index (χ0v) is 35.1. The van der Waals surface area contributed by atoms with E-state index in [2.05, 4.69) is 13.2 Å². The summed E-state index contributed by atoms with van der Waals surface area (Å²) in [7, 11) is 0. The number of aliphatic hydroxyl groups is 8. The van der Waals surface area contributed by atoms with Crippen molar-refractivity contribution < 1.29 is 108 Å². The van der Waals surface area contributed by atoms with Crippen LogP contribution in [0.1, 0.15) is 39.5 Å². The highest BCUT2D eigenvalue weighted by Crippen LogP contribution is 2.38. The Hall–Kier alpha value is -4.56. The SMILES string of the molecule is C=C[C@H]1[C@H](O[C@@H]2O[C@H](CO)[C@@H](O)[C@H](O)[C@H]2O)OC=C(C(=O)O)[C@H]1CCOC(=O)/C=C(\C)CC/C=C(\C)C(=O)OCC[C@@H]1C(C(=O)O)=CO[C@@H](O[C@@H]2O[C@H](CO)[C@@H](O)[C@H](O)[C@H]2O)[C@@H]1C=C. The van der Waals surface area contributed by atoms with Crippen LogP contribution in [-0.4, -0.2) is 175 Å². The van der Waals surface area contributed by atoms with E-state index in [-0.39, 0.29) is 42.8 Å². The van der Waals surface area contributed by atoms with Crippen LogP contribution in [0, 0.1) is 23.7 Å². The maximum Gasteiger partial charge on any atom is 0.334 e. The summed E-state index contributed by atoms with van der Waals surface area (Å²) >= 11 is 0. The second kappa shape index (κ2) is 24.1. The van der Waals surface area contributed by atoms with E-state index in [0.717, 1.165) is 12.5 Å². The van der Waals surface area contributed by atoms with Gasteiger partial charge in [-0.1, -0.05) is 23.8 Å². The molecule has 0 radical (unpaired) electrons. The lowest BCUT2D eigenvalue weighted by atomic mass is 9.82. The number of aliphatic carboxylic acids is 2. The van der Waals surface area contributed by atoms with Gasteiger partial charge in [0.1, 0.15) is 48.8 Å². The number of allylic oxidation sites excluding steroid dienone is 2. The van der Waals surface area contributed by atoms with Gasteiger partial charge in [0.15, 0.2) is 12.6 Å². The normalized spacial score (nSPS) is 35.7. The summed E-state index contributed by atoms with van der Waals surface area (Å²) in [6.45, 7) is 8.77. The highest BCUT2D eigenvalue weighted by Gasteiger charge is 2.49. The van der Waals surface area contributed by atoms with Crippen molar-refractivity contribution >= 4 is 23.9 Å². The molecule has 2 fully saturated rings. The number of hydrogen-bond acceptors (Lipinski definition) is 20. The number of carboxylic acids is 2. The minimum atomic E-state index is -1.75. The van der Waals surface area contributed by atoms with E-state index in [9.17, 15) is 70.2 Å². The minimum absolute atomic E-state index is 0.0249. The van der Waals surface area contributed by atoms with Crippen LogP contribution in [0.3, 0.4) is 0 Å². The predicted molar refractivity (Wildman–Crippen MR) is 213 cm³/mol. The van der Waals surface area contributed by atoms with Gasteiger partial charge >= 0.3 is 23.9 Å². The van der Waals surface area contributed by atoms with Gasteiger partial charge in [-0.15, -0.1) is 13.2 Å². The van der Waals surface area contributed by atoms with Gasteiger partial charge in [-0.3, -0.25) is 0 Å². The summed E-state index contributed by atoms with van der Waals surface area (Å²) in [6, 6.07) is 0. The third-order valence-electron chi connectivity index (χ3n) is 11.3. The van der Waals surface area contributed by atoms with Crippen molar-refractivity contribution in [3.8, 4) is 0 Å². The van der Waals surface area contributed by atoms with Crippen molar-refractivity contribution in [3.05, 3.63) is 72.3 Å². The van der Waals surface area contributed by atoms with E-state index in [1.165, 1.54) is 25.2 Å². The van der Waals surface area contributed by atoms with E-state index < -0.39 is 135 Å². The predicted octanol–water partition coefficient (Wildman–Crippen LogP) is -1.35. The second-order valence-electron chi connectivity index (χ2n) is 15.6. The van der Waals surface area contributed by atoms with Crippen LogP contribution in [0.15, 0.2) is 72.3 Å². The monoisotopic (exact) mass is 914 g/mol. The average Bonchev–Trinajstić information content (AvgIpc) is 3.26. The number of carboxylic acid groups (broad SMARTS) is 2. The van der Waals surface area contributed by atoms with Crippen molar-refractivity contribution in [1.29, 1.82) is 0 Å². The fourth-order valence-corrected chi connectivity index (χ4v) is 7.56. The van der Waals surface area contributed by atoms with Crippen molar-refractivity contribution in [2.45, 2.75) is 114 Å². The Morgan fingerprint density at radius 3 is 1.50 bits per heavy atom. The molecule has 4 heterocycles. The molecule has 4 rings (SSSR count). The number of hydrogen-bond donors (Lipinski definition) is 10. The average molecular weight is 915 g/mol. The topological polar surface area (TPSA) is 344 Å². The second-order valence-corrected chi connectivity index (χ2v) is 15.6. The van der Waals surface area contributed by atoms with Crippen molar-refractivity contribution in [1.82, 2.24) is 0 Å². The number of ether oxygens (including phenoxy) is 8. The van der Waals surface area contributed by atoms with E-state index in [4.69, 9.17) is 37.9 Å². The van der Waals surface area contributed by atoms with Crippen LogP contribution in [0.5, 0.6) is 0 Å². The molecule has 64 heavy (non-hydrogen) atoms. The lowest BCUT2D eigenvalue weighted by molar-refractivity contribution is -0.339. The molecule has 4 aliphatic rings. The Morgan fingerprint density at radius 2 is 1.09 bits per heavy atom. The third-order valence-corrected chi connectivity index (χ3v) is 11.3. The highest BCUT2D eigenvalue weighted by molar-refractivity contribution is 5.88. The van der Waals surface area contributed by atoms with Gasteiger partial charge in [-0.2, -0.15) is 0 Å². The number of aliphatic hydroxyl groups excluding tert-OH is 8. The molecule has 0 bridgehead atoms. The Morgan fingerprint density at radius 1 is 0.656 bits per heavy atom. The van der Waals surface area contributed by atoms with Crippen LogP contribution in [0.2, 0.25) is 0 Å². The number of esters is 2. The molecule has 10 N–H and O–H groups in total. The Balaban J connectivity index is 1.26.